The summed E-state index contributed by atoms with van der Waals surface area (Å²) in [7, 11) is 2.92. The Morgan fingerprint density at radius 1 is 1.20 bits per heavy atom. The Bertz CT molecular complexity index is 595. The number of methoxy groups -OCH3 is 2. The molecule has 0 aromatic heterocycles. The van der Waals surface area contributed by atoms with E-state index in [9.17, 15) is 10.5 Å². The molecule has 0 amide bonds. The molecule has 3 aliphatic carbocycles. The van der Waals surface area contributed by atoms with Crippen molar-refractivity contribution >= 4 is 5.84 Å². The van der Waals surface area contributed by atoms with Crippen LogP contribution >= 0.6 is 0 Å². The minimum absolute atomic E-state index is 0.100. The van der Waals surface area contributed by atoms with Gasteiger partial charge in [0.1, 0.15) is 0 Å². The van der Waals surface area contributed by atoms with Crippen LogP contribution in [0.2, 0.25) is 0 Å². The van der Waals surface area contributed by atoms with Crippen LogP contribution in [0.4, 0.5) is 0 Å². The molecule has 4 atom stereocenters. The summed E-state index contributed by atoms with van der Waals surface area (Å²) in [5.41, 5.74) is 3.85. The van der Waals surface area contributed by atoms with Gasteiger partial charge in [0.2, 0.25) is 0 Å². The minimum atomic E-state index is -1.39. The molecule has 0 aromatic rings. The first-order chi connectivity index (χ1) is 9.58. The highest BCUT2D eigenvalue weighted by Gasteiger charge is 2.83. The molecule has 1 heterocycles. The number of nitrogens with two attached hydrogens (primary N) is 1. The number of ether oxygens (including phenoxy) is 2. The molecule has 6 heteroatoms. The highest BCUT2D eigenvalue weighted by atomic mass is 16.7. The zero-order chi connectivity index (χ0) is 14.6. The Kier molecular flexibility index (Phi) is 2.50. The first-order valence-electron chi connectivity index (χ1n) is 6.60. The number of amidine groups is 1. The molecule has 1 aliphatic heterocycles. The Hall–Kier alpha value is -1.89. The summed E-state index contributed by atoms with van der Waals surface area (Å²) >= 11 is 0. The molecule has 0 unspecified atom stereocenters. The van der Waals surface area contributed by atoms with E-state index in [2.05, 4.69) is 17.1 Å². The zero-order valence-corrected chi connectivity index (χ0v) is 11.5. The number of rotatable bonds is 2. The first kappa shape index (κ1) is 13.1. The number of nitrogens with one attached hydrogen (secondary N) is 1. The molecule has 104 valence electrons. The van der Waals surface area contributed by atoms with Crippen molar-refractivity contribution in [2.24, 2.45) is 28.4 Å². The Balaban J connectivity index is 2.37. The third-order valence-electron chi connectivity index (χ3n) is 5.27. The van der Waals surface area contributed by atoms with E-state index in [1.165, 1.54) is 14.2 Å². The van der Waals surface area contributed by atoms with Gasteiger partial charge in [0.15, 0.2) is 10.8 Å². The van der Waals surface area contributed by atoms with Crippen molar-refractivity contribution < 1.29 is 14.5 Å². The summed E-state index contributed by atoms with van der Waals surface area (Å²) in [6.45, 7) is 0. The van der Waals surface area contributed by atoms with Gasteiger partial charge in [-0.3, -0.25) is 5.73 Å². The standard InChI is InChI=1S/C14H16N4O2/c1-19-14(20-2)13(8-16)10-5-3-9(4-6-10)12(13,7-15)11(17)18-14/h3,5,9-10H,4,6H2,1-2H3,(H2,17,18)/p+1/t9-,10+,12+,13+/m0/s1. The van der Waals surface area contributed by atoms with Gasteiger partial charge in [-0.1, -0.05) is 12.2 Å². The van der Waals surface area contributed by atoms with Gasteiger partial charge < -0.3 is 9.47 Å². The molecule has 4 rings (SSSR count). The molecular weight excluding hydrogens is 256 g/mol. The fourth-order valence-corrected chi connectivity index (χ4v) is 4.40. The van der Waals surface area contributed by atoms with Crippen LogP contribution in [0.25, 0.3) is 0 Å². The second-order valence-corrected chi connectivity index (χ2v) is 5.58. The summed E-state index contributed by atoms with van der Waals surface area (Å²) < 4.78 is 11.0. The lowest BCUT2D eigenvalue weighted by Gasteiger charge is -2.52. The third-order valence-corrected chi connectivity index (χ3v) is 5.27. The maximum absolute atomic E-state index is 9.98. The molecule has 6 nitrogen and oxygen atoms in total. The maximum atomic E-state index is 9.98. The molecule has 0 radical (unpaired) electrons. The number of nitriles is 2. The van der Waals surface area contributed by atoms with Crippen molar-refractivity contribution in [3.63, 3.8) is 0 Å². The van der Waals surface area contributed by atoms with Crippen LogP contribution in [0.5, 0.6) is 0 Å². The van der Waals surface area contributed by atoms with Crippen molar-refractivity contribution in [3.8, 4) is 12.1 Å². The Morgan fingerprint density at radius 3 is 2.25 bits per heavy atom. The molecule has 4 aliphatic rings. The highest BCUT2D eigenvalue weighted by molar-refractivity contribution is 5.89. The summed E-state index contributed by atoms with van der Waals surface area (Å²) in [6.07, 6.45) is 5.66. The summed E-state index contributed by atoms with van der Waals surface area (Å²) in [6, 6.07) is 4.66. The maximum Gasteiger partial charge on any atom is 0.342 e. The molecule has 0 saturated heterocycles. The summed E-state index contributed by atoms with van der Waals surface area (Å²) in [5, 5.41) is 19.9. The van der Waals surface area contributed by atoms with Crippen molar-refractivity contribution in [2.45, 2.75) is 18.8 Å². The molecule has 0 aromatic carbocycles. The van der Waals surface area contributed by atoms with Crippen molar-refractivity contribution in [1.82, 2.24) is 0 Å². The molecular formula is C14H17N4O2+. The quantitative estimate of drug-likeness (QED) is 0.496. The predicted octanol–water partition coefficient (Wildman–Crippen LogP) is -1.000. The second-order valence-electron chi connectivity index (χ2n) is 5.58. The largest absolute Gasteiger partial charge is 0.342 e. The average molecular weight is 273 g/mol. The van der Waals surface area contributed by atoms with Gasteiger partial charge in [0.05, 0.1) is 12.1 Å². The Morgan fingerprint density at radius 2 is 1.80 bits per heavy atom. The Labute approximate surface area is 117 Å². The van der Waals surface area contributed by atoms with Crippen molar-refractivity contribution in [2.75, 3.05) is 14.2 Å². The molecule has 1 fully saturated rings. The van der Waals surface area contributed by atoms with Crippen LogP contribution in [0, 0.1) is 45.3 Å². The smallest absolute Gasteiger partial charge is 0.317 e. The summed E-state index contributed by atoms with van der Waals surface area (Å²) in [4.78, 5) is 2.96. The number of fused-ring (bicyclic) bond motifs is 1. The number of hydrogen-bond acceptors (Lipinski definition) is 5. The number of nitrogens with zero attached hydrogens (tertiary/aromatic N) is 2. The van der Waals surface area contributed by atoms with Crippen LogP contribution in [-0.2, 0) is 9.47 Å². The van der Waals surface area contributed by atoms with Gasteiger partial charge in [-0.25, -0.2) is 4.99 Å². The second kappa shape index (κ2) is 3.82. The van der Waals surface area contributed by atoms with E-state index in [4.69, 9.17) is 15.2 Å². The lowest BCUT2D eigenvalue weighted by atomic mass is 9.45. The van der Waals surface area contributed by atoms with Gasteiger partial charge in [-0.15, -0.1) is 0 Å². The van der Waals surface area contributed by atoms with E-state index >= 15 is 0 Å². The van der Waals surface area contributed by atoms with Gasteiger partial charge >= 0.3 is 5.91 Å². The van der Waals surface area contributed by atoms with E-state index in [0.29, 0.717) is 0 Å². The first-order valence-corrected chi connectivity index (χ1v) is 6.60. The van der Waals surface area contributed by atoms with Crippen LogP contribution < -0.4 is 10.7 Å². The molecule has 1 saturated carbocycles. The number of hydrogen-bond donors (Lipinski definition) is 2. The van der Waals surface area contributed by atoms with Gasteiger partial charge in [-0.2, -0.15) is 10.5 Å². The van der Waals surface area contributed by atoms with E-state index in [1.807, 2.05) is 12.2 Å². The number of allylic oxidation sites excluding steroid dienone is 2. The van der Waals surface area contributed by atoms with Gasteiger partial charge in [-0.05, 0) is 12.8 Å². The molecule has 0 spiro atoms. The SMILES string of the molecule is COC1(OC)[NH+]=C(N)[C@@]2(C#N)[C@H]3C=C[C@H](CC3)[C@@]12C#N. The van der Waals surface area contributed by atoms with Crippen LogP contribution in [0.15, 0.2) is 12.2 Å². The van der Waals surface area contributed by atoms with E-state index in [0.717, 1.165) is 12.8 Å². The minimum Gasteiger partial charge on any atom is -0.317 e. The highest BCUT2D eigenvalue weighted by Crippen LogP contribution is 2.64. The average Bonchev–Trinajstić information content (AvgIpc) is 2.76. The zero-order valence-electron chi connectivity index (χ0n) is 11.5. The van der Waals surface area contributed by atoms with Crippen LogP contribution in [-0.4, -0.2) is 26.0 Å². The van der Waals surface area contributed by atoms with E-state index in [1.54, 1.807) is 0 Å². The normalized spacial score (nSPS) is 43.5. The fraction of sp³-hybridized carbons (Fsp3) is 0.643. The fourth-order valence-electron chi connectivity index (χ4n) is 4.40. The molecule has 3 N–H and O–H groups in total. The molecule has 20 heavy (non-hydrogen) atoms. The van der Waals surface area contributed by atoms with Gasteiger partial charge in [0.25, 0.3) is 5.84 Å². The lowest BCUT2D eigenvalue weighted by Crippen LogP contribution is -2.90. The predicted molar refractivity (Wildman–Crippen MR) is 68.4 cm³/mol. The van der Waals surface area contributed by atoms with E-state index in [-0.39, 0.29) is 17.7 Å². The van der Waals surface area contributed by atoms with E-state index < -0.39 is 16.7 Å². The lowest BCUT2D eigenvalue weighted by molar-refractivity contribution is -0.693. The van der Waals surface area contributed by atoms with Crippen LogP contribution in [0.3, 0.4) is 0 Å². The van der Waals surface area contributed by atoms with Crippen molar-refractivity contribution in [1.29, 1.82) is 10.5 Å². The van der Waals surface area contributed by atoms with Crippen LogP contribution in [0.1, 0.15) is 12.8 Å². The monoisotopic (exact) mass is 273 g/mol. The molecule has 2 bridgehead atoms. The summed E-state index contributed by atoms with van der Waals surface area (Å²) in [5.74, 6) is -1.36. The third kappa shape index (κ3) is 0.985. The van der Waals surface area contributed by atoms with Crippen molar-refractivity contribution in [3.05, 3.63) is 12.2 Å². The topological polar surface area (TPSA) is 106 Å². The van der Waals surface area contributed by atoms with Gasteiger partial charge in [0, 0.05) is 26.1 Å².